The SMILES string of the molecule is C[Si](C)(C)CCO[C@@H]1OCCC[C@H]1O. The van der Waals surface area contributed by atoms with E-state index in [0.29, 0.717) is 6.61 Å². The van der Waals surface area contributed by atoms with Gasteiger partial charge in [-0.15, -0.1) is 0 Å². The largest absolute Gasteiger partial charge is 0.388 e. The van der Waals surface area contributed by atoms with E-state index in [9.17, 15) is 5.11 Å². The molecule has 1 saturated heterocycles. The van der Waals surface area contributed by atoms with E-state index in [2.05, 4.69) is 19.6 Å². The molecule has 1 N–H and O–H groups in total. The molecule has 0 saturated carbocycles. The summed E-state index contributed by atoms with van der Waals surface area (Å²) in [4.78, 5) is 0. The first-order chi connectivity index (χ1) is 6.49. The molecule has 1 heterocycles. The highest BCUT2D eigenvalue weighted by Crippen LogP contribution is 2.16. The number of hydrogen-bond acceptors (Lipinski definition) is 3. The first-order valence-corrected chi connectivity index (χ1v) is 9.11. The van der Waals surface area contributed by atoms with Crippen molar-refractivity contribution < 1.29 is 14.6 Å². The summed E-state index contributed by atoms with van der Waals surface area (Å²) >= 11 is 0. The zero-order valence-electron chi connectivity index (χ0n) is 9.45. The zero-order valence-corrected chi connectivity index (χ0v) is 10.5. The van der Waals surface area contributed by atoms with Crippen molar-refractivity contribution in [3.8, 4) is 0 Å². The molecule has 3 nitrogen and oxygen atoms in total. The second kappa shape index (κ2) is 5.26. The van der Waals surface area contributed by atoms with E-state index in [-0.39, 0.29) is 6.29 Å². The standard InChI is InChI=1S/C10H22O3Si/c1-14(2,3)8-7-13-10-9(11)5-4-6-12-10/h9-11H,4-8H2,1-3H3/t9-,10+/m1/s1. The van der Waals surface area contributed by atoms with Crippen LogP contribution in [-0.2, 0) is 9.47 Å². The van der Waals surface area contributed by atoms with Crippen LogP contribution in [0, 0.1) is 0 Å². The van der Waals surface area contributed by atoms with Crippen LogP contribution in [0.3, 0.4) is 0 Å². The summed E-state index contributed by atoms with van der Waals surface area (Å²) in [6.45, 7) is 8.38. The van der Waals surface area contributed by atoms with Crippen molar-refractivity contribution in [1.82, 2.24) is 0 Å². The van der Waals surface area contributed by atoms with Gasteiger partial charge >= 0.3 is 0 Å². The fourth-order valence-corrected chi connectivity index (χ4v) is 2.11. The van der Waals surface area contributed by atoms with E-state index in [1.807, 2.05) is 0 Å². The average Bonchev–Trinajstić information content (AvgIpc) is 2.06. The molecule has 0 spiro atoms. The average molecular weight is 218 g/mol. The number of ether oxygens (including phenoxy) is 2. The van der Waals surface area contributed by atoms with Crippen molar-refractivity contribution in [2.75, 3.05) is 13.2 Å². The third-order valence-electron chi connectivity index (χ3n) is 2.37. The van der Waals surface area contributed by atoms with Crippen molar-refractivity contribution >= 4 is 8.07 Å². The van der Waals surface area contributed by atoms with E-state index >= 15 is 0 Å². The molecule has 1 fully saturated rings. The fourth-order valence-electron chi connectivity index (χ4n) is 1.38. The van der Waals surface area contributed by atoms with Gasteiger partial charge in [-0.05, 0) is 18.9 Å². The molecule has 2 atom stereocenters. The van der Waals surface area contributed by atoms with Crippen LogP contribution in [-0.4, -0.2) is 38.8 Å². The number of aliphatic hydroxyl groups is 1. The van der Waals surface area contributed by atoms with Crippen molar-refractivity contribution in [2.45, 2.75) is 50.9 Å². The molecule has 4 heteroatoms. The van der Waals surface area contributed by atoms with Crippen molar-refractivity contribution in [3.05, 3.63) is 0 Å². The predicted molar refractivity (Wildman–Crippen MR) is 59.1 cm³/mol. The molecule has 0 amide bonds. The van der Waals surface area contributed by atoms with Crippen molar-refractivity contribution in [1.29, 1.82) is 0 Å². The Bertz CT molecular complexity index is 167. The summed E-state index contributed by atoms with van der Waals surface area (Å²) < 4.78 is 10.9. The molecule has 14 heavy (non-hydrogen) atoms. The van der Waals surface area contributed by atoms with Gasteiger partial charge in [-0.2, -0.15) is 0 Å². The topological polar surface area (TPSA) is 38.7 Å². The van der Waals surface area contributed by atoms with Gasteiger partial charge in [0.2, 0.25) is 0 Å². The molecule has 0 aromatic rings. The molecule has 0 aromatic carbocycles. The summed E-state index contributed by atoms with van der Waals surface area (Å²) in [6.07, 6.45) is 0.942. The van der Waals surface area contributed by atoms with Gasteiger partial charge in [-0.3, -0.25) is 0 Å². The highest BCUT2D eigenvalue weighted by Gasteiger charge is 2.25. The van der Waals surface area contributed by atoms with Crippen LogP contribution < -0.4 is 0 Å². The number of rotatable bonds is 4. The summed E-state index contributed by atoms with van der Waals surface area (Å²) in [7, 11) is -1.03. The van der Waals surface area contributed by atoms with Gasteiger partial charge < -0.3 is 14.6 Å². The zero-order chi connectivity index (χ0) is 10.6. The Morgan fingerprint density at radius 3 is 2.71 bits per heavy atom. The quantitative estimate of drug-likeness (QED) is 0.732. The van der Waals surface area contributed by atoms with E-state index in [4.69, 9.17) is 9.47 Å². The Kier molecular flexibility index (Phi) is 4.57. The minimum absolute atomic E-state index is 0.375. The van der Waals surface area contributed by atoms with Gasteiger partial charge in [0.25, 0.3) is 0 Å². The second-order valence-electron chi connectivity index (χ2n) is 5.13. The van der Waals surface area contributed by atoms with Crippen LogP contribution in [0.4, 0.5) is 0 Å². The predicted octanol–water partition coefficient (Wildman–Crippen LogP) is 1.84. The van der Waals surface area contributed by atoms with Crippen LogP contribution in [0.15, 0.2) is 0 Å². The van der Waals surface area contributed by atoms with Crippen LogP contribution in [0.5, 0.6) is 0 Å². The van der Waals surface area contributed by atoms with Gasteiger partial charge in [-0.1, -0.05) is 19.6 Å². The summed E-state index contributed by atoms with van der Waals surface area (Å²) in [5, 5.41) is 9.56. The first kappa shape index (κ1) is 12.2. The molecule has 0 unspecified atom stereocenters. The van der Waals surface area contributed by atoms with E-state index in [1.54, 1.807) is 0 Å². The first-order valence-electron chi connectivity index (χ1n) is 5.40. The van der Waals surface area contributed by atoms with Gasteiger partial charge in [0.1, 0.15) is 6.10 Å². The molecule has 1 aliphatic heterocycles. The Hall–Kier alpha value is 0.0969. The lowest BCUT2D eigenvalue weighted by molar-refractivity contribution is -0.212. The summed E-state index contributed by atoms with van der Waals surface area (Å²) in [5.41, 5.74) is 0. The molecule has 84 valence electrons. The molecule has 0 aromatic heterocycles. The summed E-state index contributed by atoms with van der Waals surface area (Å²) in [5.74, 6) is 0. The van der Waals surface area contributed by atoms with Crippen LogP contribution >= 0.6 is 0 Å². The molecule has 0 aliphatic carbocycles. The van der Waals surface area contributed by atoms with Crippen molar-refractivity contribution in [3.63, 3.8) is 0 Å². The Labute approximate surface area is 87.4 Å². The number of aliphatic hydroxyl groups excluding tert-OH is 1. The lowest BCUT2D eigenvalue weighted by Gasteiger charge is -2.28. The third-order valence-corrected chi connectivity index (χ3v) is 4.08. The van der Waals surface area contributed by atoms with Gasteiger partial charge in [-0.25, -0.2) is 0 Å². The molecule has 1 aliphatic rings. The van der Waals surface area contributed by atoms with Gasteiger partial charge in [0.05, 0.1) is 0 Å². The highest BCUT2D eigenvalue weighted by molar-refractivity contribution is 6.76. The van der Waals surface area contributed by atoms with Gasteiger partial charge in [0.15, 0.2) is 6.29 Å². The smallest absolute Gasteiger partial charge is 0.183 e. The Balaban J connectivity index is 2.17. The molecular formula is C10H22O3Si. The highest BCUT2D eigenvalue weighted by atomic mass is 28.3. The molecule has 0 bridgehead atoms. The minimum atomic E-state index is -1.03. The lowest BCUT2D eigenvalue weighted by Crippen LogP contribution is -2.37. The lowest BCUT2D eigenvalue weighted by atomic mass is 10.1. The van der Waals surface area contributed by atoms with Crippen LogP contribution in [0.1, 0.15) is 12.8 Å². The normalized spacial score (nSPS) is 29.1. The van der Waals surface area contributed by atoms with Gasteiger partial charge in [0, 0.05) is 21.3 Å². The number of hydrogen-bond donors (Lipinski definition) is 1. The fraction of sp³-hybridized carbons (Fsp3) is 1.00. The second-order valence-corrected chi connectivity index (χ2v) is 10.8. The van der Waals surface area contributed by atoms with Crippen LogP contribution in [0.25, 0.3) is 0 Å². The van der Waals surface area contributed by atoms with Crippen LogP contribution in [0.2, 0.25) is 25.7 Å². The Morgan fingerprint density at radius 2 is 2.14 bits per heavy atom. The molecule has 0 radical (unpaired) electrons. The maximum Gasteiger partial charge on any atom is 0.183 e. The van der Waals surface area contributed by atoms with E-state index < -0.39 is 14.2 Å². The molecular weight excluding hydrogens is 196 g/mol. The Morgan fingerprint density at radius 1 is 1.43 bits per heavy atom. The monoisotopic (exact) mass is 218 g/mol. The minimum Gasteiger partial charge on any atom is -0.388 e. The molecule has 1 rings (SSSR count). The van der Waals surface area contributed by atoms with E-state index in [1.165, 1.54) is 0 Å². The summed E-state index contributed by atoms with van der Waals surface area (Å²) in [6, 6.07) is 1.12. The van der Waals surface area contributed by atoms with E-state index in [0.717, 1.165) is 25.5 Å². The maximum atomic E-state index is 9.56. The third kappa shape index (κ3) is 4.55. The van der Waals surface area contributed by atoms with Crippen molar-refractivity contribution in [2.24, 2.45) is 0 Å². The maximum absolute atomic E-state index is 9.56.